The molecule has 0 rings (SSSR count). The first-order valence-corrected chi connectivity index (χ1v) is 9.59. The number of rotatable bonds is 14. The van der Waals surface area contributed by atoms with Crippen LogP contribution in [0.15, 0.2) is 0 Å². The molecule has 0 aliphatic rings. The van der Waals surface area contributed by atoms with E-state index in [0.717, 1.165) is 25.7 Å². The summed E-state index contributed by atoms with van der Waals surface area (Å²) >= 11 is 0. The van der Waals surface area contributed by atoms with Gasteiger partial charge in [-0.3, -0.25) is 0 Å². The summed E-state index contributed by atoms with van der Waals surface area (Å²) in [6.45, 7) is 6.63. The molecule has 0 unspecified atom stereocenters. The van der Waals surface area contributed by atoms with Crippen LogP contribution in [0.25, 0.3) is 0 Å². The van der Waals surface area contributed by atoms with Gasteiger partial charge in [0.05, 0.1) is 13.2 Å². The number of hydrogen-bond acceptors (Lipinski definition) is 4. The molecule has 0 aliphatic heterocycles. The topological polar surface area (TPSA) is 99.5 Å². The lowest BCUT2D eigenvalue weighted by Crippen LogP contribution is -2.33. The molecule has 0 heterocycles. The molecule has 0 bridgehead atoms. The Bertz CT molecular complexity index is 509. The summed E-state index contributed by atoms with van der Waals surface area (Å²) in [5.41, 5.74) is 0. The number of carbonyl (C=O) groups is 2. The van der Waals surface area contributed by atoms with Gasteiger partial charge in [-0.2, -0.15) is 0 Å². The zero-order chi connectivity index (χ0) is 21.0. The SMILES string of the molecule is CCCCN(CCOCC#CC#CCOCCN(CCCC)C(=O)O)C(=O)O. The molecule has 8 heteroatoms. The average molecular weight is 396 g/mol. The molecule has 28 heavy (non-hydrogen) atoms. The van der Waals surface area contributed by atoms with E-state index in [1.807, 2.05) is 13.8 Å². The Hall–Kier alpha value is -2.42. The normalized spacial score (nSPS) is 9.64. The van der Waals surface area contributed by atoms with Crippen molar-refractivity contribution in [2.75, 3.05) is 52.6 Å². The van der Waals surface area contributed by atoms with Gasteiger partial charge in [0, 0.05) is 26.2 Å². The van der Waals surface area contributed by atoms with Crippen LogP contribution in [0.4, 0.5) is 9.59 Å². The summed E-state index contributed by atoms with van der Waals surface area (Å²) in [5, 5.41) is 18.1. The van der Waals surface area contributed by atoms with E-state index in [1.165, 1.54) is 9.80 Å². The molecule has 0 atom stereocenters. The van der Waals surface area contributed by atoms with Crippen LogP contribution in [0.3, 0.4) is 0 Å². The second-order valence-electron chi connectivity index (χ2n) is 5.96. The van der Waals surface area contributed by atoms with Crippen molar-refractivity contribution in [3.63, 3.8) is 0 Å². The number of nitrogens with zero attached hydrogens (tertiary/aromatic N) is 2. The van der Waals surface area contributed by atoms with Gasteiger partial charge in [-0.15, -0.1) is 0 Å². The van der Waals surface area contributed by atoms with Crippen LogP contribution in [0.5, 0.6) is 0 Å². The van der Waals surface area contributed by atoms with Crippen LogP contribution >= 0.6 is 0 Å². The van der Waals surface area contributed by atoms with Gasteiger partial charge < -0.3 is 29.5 Å². The molecule has 0 aromatic carbocycles. The fourth-order valence-electron chi connectivity index (χ4n) is 2.06. The Labute approximate surface area is 167 Å². The van der Waals surface area contributed by atoms with Crippen LogP contribution < -0.4 is 0 Å². The van der Waals surface area contributed by atoms with Crippen molar-refractivity contribution in [1.29, 1.82) is 0 Å². The van der Waals surface area contributed by atoms with Gasteiger partial charge >= 0.3 is 12.2 Å². The number of unbranched alkanes of at least 4 members (excludes halogenated alkanes) is 2. The highest BCUT2D eigenvalue weighted by Crippen LogP contribution is 1.96. The van der Waals surface area contributed by atoms with Crippen molar-refractivity contribution in [1.82, 2.24) is 9.80 Å². The lowest BCUT2D eigenvalue weighted by atomic mass is 10.3. The first kappa shape index (κ1) is 25.6. The maximum Gasteiger partial charge on any atom is 0.407 e. The fraction of sp³-hybridized carbons (Fsp3) is 0.700. The Morgan fingerprint density at radius 2 is 1.14 bits per heavy atom. The minimum absolute atomic E-state index is 0.182. The zero-order valence-corrected chi connectivity index (χ0v) is 16.9. The van der Waals surface area contributed by atoms with E-state index < -0.39 is 12.2 Å². The summed E-state index contributed by atoms with van der Waals surface area (Å²) in [7, 11) is 0. The molecule has 0 aromatic rings. The Morgan fingerprint density at radius 1 is 0.750 bits per heavy atom. The van der Waals surface area contributed by atoms with Crippen LogP contribution in [0.1, 0.15) is 39.5 Å². The number of hydrogen-bond donors (Lipinski definition) is 2. The summed E-state index contributed by atoms with van der Waals surface area (Å²) in [4.78, 5) is 24.7. The highest BCUT2D eigenvalue weighted by atomic mass is 16.5. The molecule has 0 saturated heterocycles. The third-order valence-electron chi connectivity index (χ3n) is 3.70. The van der Waals surface area contributed by atoms with Gasteiger partial charge in [-0.05, 0) is 24.7 Å². The fourth-order valence-corrected chi connectivity index (χ4v) is 2.06. The zero-order valence-electron chi connectivity index (χ0n) is 16.9. The van der Waals surface area contributed by atoms with E-state index in [0.29, 0.717) is 39.4 Å². The van der Waals surface area contributed by atoms with Gasteiger partial charge in [-0.1, -0.05) is 38.5 Å². The van der Waals surface area contributed by atoms with Gasteiger partial charge in [0.15, 0.2) is 0 Å². The standard InChI is InChI=1S/C20H32N2O6/c1-3-5-11-21(19(23)24)13-17-27-15-9-7-8-10-16-28-18-14-22(20(25)26)12-6-4-2/h3-6,11-18H2,1-2H3,(H,23,24)(H,25,26). The summed E-state index contributed by atoms with van der Waals surface area (Å²) < 4.78 is 10.6. The second kappa shape index (κ2) is 18.0. The minimum atomic E-state index is -0.939. The third-order valence-corrected chi connectivity index (χ3v) is 3.70. The Balaban J connectivity index is 3.82. The molecule has 2 amide bonds. The molecule has 0 radical (unpaired) electrons. The molecule has 158 valence electrons. The smallest absolute Gasteiger partial charge is 0.407 e. The predicted octanol–water partition coefficient (Wildman–Crippen LogP) is 2.59. The lowest BCUT2D eigenvalue weighted by molar-refractivity contribution is 0.108. The summed E-state index contributed by atoms with van der Waals surface area (Å²) in [5.74, 6) is 10.7. The van der Waals surface area contributed by atoms with Gasteiger partial charge in [-0.25, -0.2) is 9.59 Å². The number of amides is 2. The maximum atomic E-state index is 11.0. The highest BCUT2D eigenvalue weighted by Gasteiger charge is 2.10. The van der Waals surface area contributed by atoms with Crippen LogP contribution in [0, 0.1) is 23.7 Å². The van der Waals surface area contributed by atoms with Crippen molar-refractivity contribution in [2.45, 2.75) is 39.5 Å². The second-order valence-corrected chi connectivity index (χ2v) is 5.96. The largest absolute Gasteiger partial charge is 0.465 e. The molecule has 0 spiro atoms. The van der Waals surface area contributed by atoms with Gasteiger partial charge in [0.25, 0.3) is 0 Å². The molecule has 0 fully saturated rings. The van der Waals surface area contributed by atoms with Crippen LogP contribution in [-0.2, 0) is 9.47 Å². The summed E-state index contributed by atoms with van der Waals surface area (Å²) in [6.07, 6.45) is 1.66. The molecule has 0 aromatic heterocycles. The van der Waals surface area contributed by atoms with E-state index in [9.17, 15) is 9.59 Å². The molecular weight excluding hydrogens is 364 g/mol. The lowest BCUT2D eigenvalue weighted by Gasteiger charge is -2.18. The van der Waals surface area contributed by atoms with Crippen molar-refractivity contribution >= 4 is 12.2 Å². The molecule has 2 N–H and O–H groups in total. The van der Waals surface area contributed by atoms with Crippen LogP contribution in [0.2, 0.25) is 0 Å². The van der Waals surface area contributed by atoms with E-state index >= 15 is 0 Å². The van der Waals surface area contributed by atoms with Crippen molar-refractivity contribution in [3.05, 3.63) is 0 Å². The van der Waals surface area contributed by atoms with E-state index in [-0.39, 0.29) is 13.2 Å². The van der Waals surface area contributed by atoms with Crippen molar-refractivity contribution in [2.24, 2.45) is 0 Å². The Kier molecular flexibility index (Phi) is 16.4. The van der Waals surface area contributed by atoms with Crippen molar-refractivity contribution in [3.8, 4) is 23.7 Å². The van der Waals surface area contributed by atoms with Gasteiger partial charge in [0.1, 0.15) is 13.2 Å². The Morgan fingerprint density at radius 3 is 1.46 bits per heavy atom. The number of carboxylic acid groups (broad SMARTS) is 2. The number of ether oxygens (including phenoxy) is 2. The quantitative estimate of drug-likeness (QED) is 0.346. The molecule has 0 aliphatic carbocycles. The van der Waals surface area contributed by atoms with E-state index in [4.69, 9.17) is 19.7 Å². The minimum Gasteiger partial charge on any atom is -0.465 e. The first-order chi connectivity index (χ1) is 13.5. The molecule has 8 nitrogen and oxygen atoms in total. The van der Waals surface area contributed by atoms with Crippen LogP contribution in [-0.4, -0.2) is 84.8 Å². The predicted molar refractivity (Wildman–Crippen MR) is 106 cm³/mol. The maximum absolute atomic E-state index is 11.0. The van der Waals surface area contributed by atoms with E-state index in [1.54, 1.807) is 0 Å². The van der Waals surface area contributed by atoms with E-state index in [2.05, 4.69) is 23.7 Å². The monoisotopic (exact) mass is 396 g/mol. The summed E-state index contributed by atoms with van der Waals surface area (Å²) in [6, 6.07) is 0. The molecular formula is C20H32N2O6. The van der Waals surface area contributed by atoms with Gasteiger partial charge in [0.2, 0.25) is 0 Å². The molecule has 0 saturated carbocycles. The highest BCUT2D eigenvalue weighted by molar-refractivity contribution is 5.65. The first-order valence-electron chi connectivity index (χ1n) is 9.59. The van der Waals surface area contributed by atoms with Crippen molar-refractivity contribution < 1.29 is 29.3 Å². The average Bonchev–Trinajstić information content (AvgIpc) is 2.66. The third kappa shape index (κ3) is 14.7.